The Kier molecular flexibility index (Phi) is 7.06. The number of hydrogen-bond donors (Lipinski definition) is 1. The summed E-state index contributed by atoms with van der Waals surface area (Å²) < 4.78 is 19.3. The number of rotatable bonds is 6. The lowest BCUT2D eigenvalue weighted by molar-refractivity contribution is -0.117. The highest BCUT2D eigenvalue weighted by Gasteiger charge is 2.26. The SMILES string of the molecule is CCOc1c(F)cccc1C(=O)N1CCN(CC(=O)Nc2ccc(Cl)cc2)CC1. The van der Waals surface area contributed by atoms with Crippen LogP contribution in [0.5, 0.6) is 5.75 Å². The van der Waals surface area contributed by atoms with Gasteiger partial charge in [-0.15, -0.1) is 0 Å². The summed E-state index contributed by atoms with van der Waals surface area (Å²) in [4.78, 5) is 28.7. The number of benzene rings is 2. The Morgan fingerprint density at radius 3 is 2.45 bits per heavy atom. The zero-order valence-corrected chi connectivity index (χ0v) is 16.9. The fraction of sp³-hybridized carbons (Fsp3) is 0.333. The van der Waals surface area contributed by atoms with Crippen molar-refractivity contribution in [3.05, 3.63) is 58.9 Å². The first kappa shape index (κ1) is 21.1. The molecule has 0 aromatic heterocycles. The molecule has 2 amide bonds. The van der Waals surface area contributed by atoms with Gasteiger partial charge in [0.2, 0.25) is 5.91 Å². The minimum atomic E-state index is -0.546. The number of nitrogens with one attached hydrogen (secondary N) is 1. The highest BCUT2D eigenvalue weighted by molar-refractivity contribution is 6.30. The standard InChI is InChI=1S/C21H23ClFN3O3/c1-2-29-20-17(4-3-5-18(20)23)21(28)26-12-10-25(11-13-26)14-19(27)24-16-8-6-15(22)7-9-16/h3-9H,2,10-14H2,1H3,(H,24,27). The van der Waals surface area contributed by atoms with Crippen molar-refractivity contribution in [2.45, 2.75) is 6.92 Å². The van der Waals surface area contributed by atoms with Gasteiger partial charge in [-0.05, 0) is 43.3 Å². The van der Waals surface area contributed by atoms with Gasteiger partial charge >= 0.3 is 0 Å². The molecule has 1 aliphatic heterocycles. The van der Waals surface area contributed by atoms with Gasteiger partial charge in [-0.2, -0.15) is 0 Å². The lowest BCUT2D eigenvalue weighted by atomic mass is 10.1. The fourth-order valence-corrected chi connectivity index (χ4v) is 3.31. The quantitative estimate of drug-likeness (QED) is 0.780. The van der Waals surface area contributed by atoms with E-state index < -0.39 is 5.82 Å². The smallest absolute Gasteiger partial charge is 0.257 e. The van der Waals surface area contributed by atoms with Gasteiger partial charge in [0.15, 0.2) is 11.6 Å². The molecule has 2 aromatic rings. The minimum absolute atomic E-state index is 0.00947. The maximum Gasteiger partial charge on any atom is 0.257 e. The van der Waals surface area contributed by atoms with E-state index in [1.165, 1.54) is 12.1 Å². The molecule has 0 unspecified atom stereocenters. The molecule has 6 nitrogen and oxygen atoms in total. The molecule has 0 spiro atoms. The molecule has 1 fully saturated rings. The van der Waals surface area contributed by atoms with E-state index in [9.17, 15) is 14.0 Å². The number of hydrogen-bond acceptors (Lipinski definition) is 4. The van der Waals surface area contributed by atoms with Gasteiger partial charge in [-0.3, -0.25) is 14.5 Å². The minimum Gasteiger partial charge on any atom is -0.490 e. The lowest BCUT2D eigenvalue weighted by Crippen LogP contribution is -2.50. The molecule has 1 saturated heterocycles. The molecule has 2 aromatic carbocycles. The highest BCUT2D eigenvalue weighted by Crippen LogP contribution is 2.24. The molecule has 1 aliphatic rings. The van der Waals surface area contributed by atoms with Crippen molar-refractivity contribution in [2.75, 3.05) is 44.6 Å². The summed E-state index contributed by atoms with van der Waals surface area (Å²) in [6, 6.07) is 11.3. The molecule has 0 saturated carbocycles. The lowest BCUT2D eigenvalue weighted by Gasteiger charge is -2.34. The zero-order valence-electron chi connectivity index (χ0n) is 16.2. The van der Waals surface area contributed by atoms with E-state index in [0.29, 0.717) is 36.9 Å². The number of halogens is 2. The van der Waals surface area contributed by atoms with Crippen LogP contribution in [0.25, 0.3) is 0 Å². The number of carbonyl (C=O) groups is 2. The van der Waals surface area contributed by atoms with Crippen LogP contribution in [0.3, 0.4) is 0 Å². The molecule has 1 heterocycles. The molecule has 0 atom stereocenters. The summed E-state index contributed by atoms with van der Waals surface area (Å²) in [6.07, 6.45) is 0. The molecule has 0 bridgehead atoms. The molecule has 154 valence electrons. The molecular weight excluding hydrogens is 397 g/mol. The highest BCUT2D eigenvalue weighted by atomic mass is 35.5. The van der Waals surface area contributed by atoms with E-state index in [1.807, 2.05) is 4.90 Å². The topological polar surface area (TPSA) is 61.9 Å². The Bertz CT molecular complexity index is 868. The Hall–Kier alpha value is -2.64. The van der Waals surface area contributed by atoms with Crippen LogP contribution in [0.2, 0.25) is 5.02 Å². The Labute approximate surface area is 174 Å². The molecule has 3 rings (SSSR count). The van der Waals surface area contributed by atoms with E-state index >= 15 is 0 Å². The van der Waals surface area contributed by atoms with Crippen molar-refractivity contribution >= 4 is 29.1 Å². The van der Waals surface area contributed by atoms with Crippen LogP contribution in [-0.4, -0.2) is 60.9 Å². The van der Waals surface area contributed by atoms with Gasteiger partial charge in [-0.25, -0.2) is 4.39 Å². The second-order valence-corrected chi connectivity index (χ2v) is 7.11. The molecule has 29 heavy (non-hydrogen) atoms. The number of nitrogens with zero attached hydrogens (tertiary/aromatic N) is 2. The van der Waals surface area contributed by atoms with Crippen molar-refractivity contribution in [1.29, 1.82) is 0 Å². The molecule has 0 aliphatic carbocycles. The normalized spacial score (nSPS) is 14.5. The van der Waals surface area contributed by atoms with Crippen molar-refractivity contribution < 1.29 is 18.7 Å². The second kappa shape index (κ2) is 9.71. The monoisotopic (exact) mass is 419 g/mol. The Morgan fingerprint density at radius 1 is 1.10 bits per heavy atom. The fourth-order valence-electron chi connectivity index (χ4n) is 3.18. The van der Waals surface area contributed by atoms with Crippen LogP contribution in [0, 0.1) is 5.82 Å². The first-order valence-corrected chi connectivity index (χ1v) is 9.84. The van der Waals surface area contributed by atoms with Gasteiger partial charge in [-0.1, -0.05) is 17.7 Å². The predicted molar refractivity (Wildman–Crippen MR) is 110 cm³/mol. The summed E-state index contributed by atoms with van der Waals surface area (Å²) in [5.41, 5.74) is 0.906. The number of para-hydroxylation sites is 1. The van der Waals surface area contributed by atoms with Crippen LogP contribution in [0.4, 0.5) is 10.1 Å². The summed E-state index contributed by atoms with van der Waals surface area (Å²) in [6.45, 7) is 4.27. The van der Waals surface area contributed by atoms with Crippen LogP contribution < -0.4 is 10.1 Å². The van der Waals surface area contributed by atoms with E-state index in [0.717, 1.165) is 0 Å². The third kappa shape index (κ3) is 5.46. The average Bonchev–Trinajstić information content (AvgIpc) is 2.71. The van der Waals surface area contributed by atoms with Crippen molar-refractivity contribution in [3.8, 4) is 5.75 Å². The second-order valence-electron chi connectivity index (χ2n) is 6.67. The van der Waals surface area contributed by atoms with E-state index in [4.69, 9.17) is 16.3 Å². The number of piperazine rings is 1. The third-order valence-corrected chi connectivity index (χ3v) is 4.89. The largest absolute Gasteiger partial charge is 0.490 e. The summed E-state index contributed by atoms with van der Waals surface area (Å²) >= 11 is 5.84. The van der Waals surface area contributed by atoms with Crippen molar-refractivity contribution in [3.63, 3.8) is 0 Å². The maximum atomic E-state index is 14.0. The number of ether oxygens (including phenoxy) is 1. The van der Waals surface area contributed by atoms with Crippen LogP contribution in [0.15, 0.2) is 42.5 Å². The predicted octanol–water partition coefficient (Wildman–Crippen LogP) is 3.27. The Morgan fingerprint density at radius 2 is 1.79 bits per heavy atom. The van der Waals surface area contributed by atoms with Gasteiger partial charge in [0, 0.05) is 36.9 Å². The van der Waals surface area contributed by atoms with Gasteiger partial charge in [0.25, 0.3) is 5.91 Å². The summed E-state index contributed by atoms with van der Waals surface area (Å²) in [5.74, 6) is -0.950. The zero-order chi connectivity index (χ0) is 20.8. The molecule has 1 N–H and O–H groups in total. The maximum absolute atomic E-state index is 14.0. The van der Waals surface area contributed by atoms with Gasteiger partial charge < -0.3 is 15.0 Å². The van der Waals surface area contributed by atoms with Crippen molar-refractivity contribution in [2.24, 2.45) is 0 Å². The number of carbonyl (C=O) groups excluding carboxylic acids is 2. The van der Waals surface area contributed by atoms with E-state index in [-0.39, 0.29) is 36.3 Å². The Balaban J connectivity index is 1.54. The number of anilines is 1. The van der Waals surface area contributed by atoms with Crippen LogP contribution in [-0.2, 0) is 4.79 Å². The number of amides is 2. The first-order chi connectivity index (χ1) is 14.0. The molecule has 0 radical (unpaired) electrons. The van der Waals surface area contributed by atoms with E-state index in [2.05, 4.69) is 5.32 Å². The summed E-state index contributed by atoms with van der Waals surface area (Å²) in [7, 11) is 0. The summed E-state index contributed by atoms with van der Waals surface area (Å²) in [5, 5.41) is 3.43. The van der Waals surface area contributed by atoms with Crippen LogP contribution >= 0.6 is 11.6 Å². The average molecular weight is 420 g/mol. The van der Waals surface area contributed by atoms with Gasteiger partial charge in [0.05, 0.1) is 18.7 Å². The van der Waals surface area contributed by atoms with Gasteiger partial charge in [0.1, 0.15) is 0 Å². The van der Waals surface area contributed by atoms with E-state index in [1.54, 1.807) is 42.2 Å². The molecular formula is C21H23ClFN3O3. The van der Waals surface area contributed by atoms with Crippen molar-refractivity contribution in [1.82, 2.24) is 9.80 Å². The van der Waals surface area contributed by atoms with Crippen LogP contribution in [0.1, 0.15) is 17.3 Å². The first-order valence-electron chi connectivity index (χ1n) is 9.46. The third-order valence-electron chi connectivity index (χ3n) is 4.64. The molecule has 8 heteroatoms.